The number of benzene rings is 1. The number of nitrogens with zero attached hydrogens (tertiary/aromatic N) is 1. The lowest BCUT2D eigenvalue weighted by Gasteiger charge is -2.20. The van der Waals surface area contributed by atoms with Crippen LogP contribution in [0, 0.1) is 5.92 Å². The SMILES string of the molecule is CC1CCN(c2ccc(C=O)c(C(F)(F)F)c2)C1. The van der Waals surface area contributed by atoms with E-state index in [0.29, 0.717) is 11.6 Å². The minimum absolute atomic E-state index is 0.249. The van der Waals surface area contributed by atoms with E-state index in [9.17, 15) is 18.0 Å². The second-order valence-corrected chi connectivity index (χ2v) is 4.73. The Morgan fingerprint density at radius 1 is 1.39 bits per heavy atom. The molecule has 0 bridgehead atoms. The number of rotatable bonds is 2. The molecule has 1 fully saturated rings. The van der Waals surface area contributed by atoms with E-state index in [2.05, 4.69) is 6.92 Å². The largest absolute Gasteiger partial charge is 0.417 e. The monoisotopic (exact) mass is 257 g/mol. The quantitative estimate of drug-likeness (QED) is 0.757. The van der Waals surface area contributed by atoms with Gasteiger partial charge in [0.1, 0.15) is 0 Å². The first-order chi connectivity index (χ1) is 8.41. The molecule has 98 valence electrons. The van der Waals surface area contributed by atoms with Gasteiger partial charge in [0.2, 0.25) is 0 Å². The summed E-state index contributed by atoms with van der Waals surface area (Å²) in [6, 6.07) is 3.90. The Hall–Kier alpha value is -1.52. The first kappa shape index (κ1) is 12.9. The molecule has 2 nitrogen and oxygen atoms in total. The van der Waals surface area contributed by atoms with Crippen LogP contribution in [0.3, 0.4) is 0 Å². The zero-order valence-electron chi connectivity index (χ0n) is 10.00. The maximum absolute atomic E-state index is 12.8. The molecule has 0 aliphatic carbocycles. The van der Waals surface area contributed by atoms with Gasteiger partial charge in [0.15, 0.2) is 6.29 Å². The summed E-state index contributed by atoms with van der Waals surface area (Å²) < 4.78 is 38.4. The highest BCUT2D eigenvalue weighted by molar-refractivity contribution is 5.79. The van der Waals surface area contributed by atoms with Crippen LogP contribution in [0.15, 0.2) is 18.2 Å². The number of alkyl halides is 3. The molecule has 5 heteroatoms. The van der Waals surface area contributed by atoms with Gasteiger partial charge < -0.3 is 4.90 Å². The smallest absolute Gasteiger partial charge is 0.371 e. The van der Waals surface area contributed by atoms with E-state index in [1.54, 1.807) is 6.07 Å². The van der Waals surface area contributed by atoms with Crippen LogP contribution >= 0.6 is 0 Å². The molecule has 1 heterocycles. The molecule has 1 aliphatic rings. The van der Waals surface area contributed by atoms with Crippen LogP contribution in [0.1, 0.15) is 29.3 Å². The number of carbonyl (C=O) groups excluding carboxylic acids is 1. The van der Waals surface area contributed by atoms with E-state index in [1.807, 2.05) is 4.90 Å². The molecule has 0 radical (unpaired) electrons. The molecule has 1 aliphatic heterocycles. The fraction of sp³-hybridized carbons (Fsp3) is 0.462. The molecule has 1 aromatic carbocycles. The fourth-order valence-electron chi connectivity index (χ4n) is 2.26. The van der Waals surface area contributed by atoms with Gasteiger partial charge in [-0.3, -0.25) is 4.79 Å². The van der Waals surface area contributed by atoms with Crippen molar-refractivity contribution in [3.05, 3.63) is 29.3 Å². The summed E-state index contributed by atoms with van der Waals surface area (Å²) >= 11 is 0. The molecular weight excluding hydrogens is 243 g/mol. The third-order valence-corrected chi connectivity index (χ3v) is 3.26. The topological polar surface area (TPSA) is 20.3 Å². The average Bonchev–Trinajstić information content (AvgIpc) is 2.74. The highest BCUT2D eigenvalue weighted by atomic mass is 19.4. The van der Waals surface area contributed by atoms with Crippen LogP contribution in [0.25, 0.3) is 0 Å². The Kier molecular flexibility index (Phi) is 3.32. The lowest BCUT2D eigenvalue weighted by atomic mass is 10.1. The second-order valence-electron chi connectivity index (χ2n) is 4.73. The van der Waals surface area contributed by atoms with Crippen LogP contribution in [-0.4, -0.2) is 19.4 Å². The molecular formula is C13H14F3NO. The van der Waals surface area contributed by atoms with Crippen molar-refractivity contribution in [3.8, 4) is 0 Å². The lowest BCUT2D eigenvalue weighted by Crippen LogP contribution is -2.20. The van der Waals surface area contributed by atoms with E-state index in [-0.39, 0.29) is 11.8 Å². The molecule has 1 saturated heterocycles. The predicted octanol–water partition coefficient (Wildman–Crippen LogP) is 3.36. The summed E-state index contributed by atoms with van der Waals surface area (Å²) in [5, 5.41) is 0. The summed E-state index contributed by atoms with van der Waals surface area (Å²) in [6.45, 7) is 3.60. The molecule has 0 saturated carbocycles. The van der Waals surface area contributed by atoms with Crippen molar-refractivity contribution in [2.75, 3.05) is 18.0 Å². The highest BCUT2D eigenvalue weighted by Gasteiger charge is 2.34. The normalized spacial score (nSPS) is 20.2. The van der Waals surface area contributed by atoms with Gasteiger partial charge in [-0.15, -0.1) is 0 Å². The second kappa shape index (κ2) is 4.63. The van der Waals surface area contributed by atoms with Crippen molar-refractivity contribution in [3.63, 3.8) is 0 Å². The number of aldehydes is 1. The first-order valence-electron chi connectivity index (χ1n) is 5.83. The van der Waals surface area contributed by atoms with Crippen LogP contribution in [0.4, 0.5) is 18.9 Å². The summed E-state index contributed by atoms with van der Waals surface area (Å²) in [5.74, 6) is 0.491. The number of hydrogen-bond donors (Lipinski definition) is 0. The van der Waals surface area contributed by atoms with Crippen molar-refractivity contribution in [1.29, 1.82) is 0 Å². The summed E-state index contributed by atoms with van der Waals surface area (Å²) in [5.41, 5.74) is -0.620. The van der Waals surface area contributed by atoms with Crippen molar-refractivity contribution in [2.45, 2.75) is 19.5 Å². The minimum Gasteiger partial charge on any atom is -0.371 e. The third-order valence-electron chi connectivity index (χ3n) is 3.26. The molecule has 1 unspecified atom stereocenters. The van der Waals surface area contributed by atoms with Gasteiger partial charge in [-0.05, 0) is 30.5 Å². The van der Waals surface area contributed by atoms with E-state index in [4.69, 9.17) is 0 Å². The minimum atomic E-state index is -4.49. The van der Waals surface area contributed by atoms with Crippen LogP contribution in [0.2, 0.25) is 0 Å². The summed E-state index contributed by atoms with van der Waals surface area (Å²) in [7, 11) is 0. The lowest BCUT2D eigenvalue weighted by molar-refractivity contribution is -0.137. The van der Waals surface area contributed by atoms with Crippen LogP contribution in [0.5, 0.6) is 0 Å². The molecule has 18 heavy (non-hydrogen) atoms. The van der Waals surface area contributed by atoms with E-state index >= 15 is 0 Å². The number of halogens is 3. The number of carbonyl (C=O) groups is 1. The molecule has 0 N–H and O–H groups in total. The Balaban J connectivity index is 2.37. The molecule has 1 atom stereocenters. The number of hydrogen-bond acceptors (Lipinski definition) is 2. The Bertz CT molecular complexity index is 456. The van der Waals surface area contributed by atoms with Gasteiger partial charge >= 0.3 is 6.18 Å². The zero-order valence-corrected chi connectivity index (χ0v) is 10.00. The van der Waals surface area contributed by atoms with Gasteiger partial charge in [0.05, 0.1) is 5.56 Å². The van der Waals surface area contributed by atoms with Crippen LogP contribution in [-0.2, 0) is 6.18 Å². The summed E-state index contributed by atoms with van der Waals surface area (Å²) in [4.78, 5) is 12.6. The van der Waals surface area contributed by atoms with Crippen molar-refractivity contribution >= 4 is 12.0 Å². The average molecular weight is 257 g/mol. The summed E-state index contributed by atoms with van der Waals surface area (Å²) in [6.07, 6.45) is -3.26. The first-order valence-corrected chi connectivity index (χ1v) is 5.83. The van der Waals surface area contributed by atoms with E-state index < -0.39 is 11.7 Å². The molecule has 0 aromatic heterocycles. The van der Waals surface area contributed by atoms with Crippen molar-refractivity contribution < 1.29 is 18.0 Å². The fourth-order valence-corrected chi connectivity index (χ4v) is 2.26. The van der Waals surface area contributed by atoms with Gasteiger partial charge in [0.25, 0.3) is 0 Å². The maximum Gasteiger partial charge on any atom is 0.417 e. The number of anilines is 1. The van der Waals surface area contributed by atoms with Gasteiger partial charge in [-0.25, -0.2) is 0 Å². The molecule has 2 rings (SSSR count). The molecule has 1 aromatic rings. The maximum atomic E-state index is 12.8. The Morgan fingerprint density at radius 3 is 2.61 bits per heavy atom. The standard InChI is InChI=1S/C13H14F3NO/c1-9-4-5-17(7-9)11-3-2-10(8-18)12(6-11)13(14,15)16/h2-3,6,8-9H,4-5,7H2,1H3. The zero-order chi connectivity index (χ0) is 13.3. The predicted molar refractivity (Wildman–Crippen MR) is 62.8 cm³/mol. The molecule has 0 amide bonds. The van der Waals surface area contributed by atoms with Gasteiger partial charge in [-0.1, -0.05) is 6.92 Å². The van der Waals surface area contributed by atoms with Gasteiger partial charge in [0, 0.05) is 24.3 Å². The van der Waals surface area contributed by atoms with E-state index in [0.717, 1.165) is 25.6 Å². The van der Waals surface area contributed by atoms with Crippen molar-refractivity contribution in [1.82, 2.24) is 0 Å². The third kappa shape index (κ3) is 2.49. The Labute approximate surface area is 103 Å². The molecule has 0 spiro atoms. The van der Waals surface area contributed by atoms with Gasteiger partial charge in [-0.2, -0.15) is 13.2 Å². The van der Waals surface area contributed by atoms with E-state index in [1.165, 1.54) is 6.07 Å². The van der Waals surface area contributed by atoms with Crippen LogP contribution < -0.4 is 4.90 Å². The van der Waals surface area contributed by atoms with Crippen molar-refractivity contribution in [2.24, 2.45) is 5.92 Å². The Morgan fingerprint density at radius 2 is 2.11 bits per heavy atom. The highest BCUT2D eigenvalue weighted by Crippen LogP contribution is 2.35.